The van der Waals surface area contributed by atoms with E-state index in [1.165, 1.54) is 0 Å². The molecule has 0 bridgehead atoms. The van der Waals surface area contributed by atoms with Crippen molar-refractivity contribution < 1.29 is 4.79 Å². The van der Waals surface area contributed by atoms with Crippen molar-refractivity contribution in [3.05, 3.63) is 18.0 Å². The molecule has 17 heavy (non-hydrogen) atoms. The maximum Gasteiger partial charge on any atom is 0.220 e. The number of hydrogen-bond donors (Lipinski definition) is 2. The van der Waals surface area contributed by atoms with Crippen molar-refractivity contribution in [2.24, 2.45) is 11.7 Å². The van der Waals surface area contributed by atoms with Crippen LogP contribution in [0.25, 0.3) is 0 Å². The lowest BCUT2D eigenvalue weighted by Gasteiger charge is -2.11. The van der Waals surface area contributed by atoms with Gasteiger partial charge in [0.05, 0.1) is 12.7 Å². The van der Waals surface area contributed by atoms with E-state index in [2.05, 4.69) is 17.3 Å². The third kappa shape index (κ3) is 4.99. The van der Waals surface area contributed by atoms with Crippen LogP contribution in [0.2, 0.25) is 0 Å². The Balaban J connectivity index is 2.20. The van der Waals surface area contributed by atoms with E-state index < -0.39 is 0 Å². The molecule has 3 N–H and O–H groups in total. The summed E-state index contributed by atoms with van der Waals surface area (Å²) in [6, 6.07) is 0. The van der Waals surface area contributed by atoms with Gasteiger partial charge in [-0.2, -0.15) is 5.10 Å². The van der Waals surface area contributed by atoms with E-state index in [9.17, 15) is 4.79 Å². The Labute approximate surface area is 102 Å². The number of aryl methyl sites for hydroxylation is 1. The fourth-order valence-corrected chi connectivity index (χ4v) is 1.63. The van der Waals surface area contributed by atoms with Gasteiger partial charge in [-0.05, 0) is 24.9 Å². The number of hydrogen-bond acceptors (Lipinski definition) is 3. The second-order valence-electron chi connectivity index (χ2n) is 4.34. The summed E-state index contributed by atoms with van der Waals surface area (Å²) in [5, 5.41) is 7.04. The van der Waals surface area contributed by atoms with Gasteiger partial charge in [0, 0.05) is 19.2 Å². The predicted octanol–water partition coefficient (Wildman–Crippen LogP) is 0.683. The molecule has 1 aromatic rings. The molecule has 1 rings (SSSR count). The Morgan fingerprint density at radius 1 is 1.65 bits per heavy atom. The third-order valence-corrected chi connectivity index (χ3v) is 2.81. The quantitative estimate of drug-likeness (QED) is 0.733. The van der Waals surface area contributed by atoms with Crippen molar-refractivity contribution >= 4 is 5.91 Å². The predicted molar refractivity (Wildman–Crippen MR) is 67.4 cm³/mol. The molecule has 1 aromatic heterocycles. The van der Waals surface area contributed by atoms with Crippen LogP contribution < -0.4 is 11.1 Å². The molecule has 0 radical (unpaired) electrons. The number of carbonyl (C=O) groups is 1. The number of aromatic nitrogens is 2. The van der Waals surface area contributed by atoms with Crippen molar-refractivity contribution in [3.63, 3.8) is 0 Å². The maximum atomic E-state index is 11.6. The summed E-state index contributed by atoms with van der Waals surface area (Å²) in [6.45, 7) is 5.94. The van der Waals surface area contributed by atoms with Crippen molar-refractivity contribution in [1.29, 1.82) is 0 Å². The van der Waals surface area contributed by atoms with Gasteiger partial charge in [-0.15, -0.1) is 0 Å². The summed E-state index contributed by atoms with van der Waals surface area (Å²) in [6.07, 6.45) is 5.23. The standard InChI is InChI=1S/C12H22N4O/c1-3-11(7-13)6-12(17)14-4-5-16-9-10(2)8-15-16/h8-9,11H,3-7,13H2,1-2H3,(H,14,17). The minimum Gasteiger partial charge on any atom is -0.354 e. The third-order valence-electron chi connectivity index (χ3n) is 2.81. The van der Waals surface area contributed by atoms with Gasteiger partial charge in [-0.3, -0.25) is 9.48 Å². The zero-order valence-corrected chi connectivity index (χ0v) is 10.6. The largest absolute Gasteiger partial charge is 0.354 e. The van der Waals surface area contributed by atoms with Gasteiger partial charge >= 0.3 is 0 Å². The minimum atomic E-state index is 0.0752. The summed E-state index contributed by atoms with van der Waals surface area (Å²) >= 11 is 0. The first-order valence-electron chi connectivity index (χ1n) is 6.11. The maximum absolute atomic E-state index is 11.6. The molecule has 0 aliphatic heterocycles. The van der Waals surface area contributed by atoms with Crippen LogP contribution >= 0.6 is 0 Å². The van der Waals surface area contributed by atoms with E-state index in [4.69, 9.17) is 5.73 Å². The fourth-order valence-electron chi connectivity index (χ4n) is 1.63. The molecule has 5 nitrogen and oxygen atoms in total. The van der Waals surface area contributed by atoms with Crippen molar-refractivity contribution in [1.82, 2.24) is 15.1 Å². The van der Waals surface area contributed by atoms with Crippen LogP contribution in [0, 0.1) is 12.8 Å². The molecule has 0 aliphatic carbocycles. The first-order valence-corrected chi connectivity index (χ1v) is 6.11. The van der Waals surface area contributed by atoms with Crippen LogP contribution in [0.4, 0.5) is 0 Å². The lowest BCUT2D eigenvalue weighted by atomic mass is 10.0. The Bertz CT molecular complexity index is 344. The van der Waals surface area contributed by atoms with E-state index in [-0.39, 0.29) is 5.91 Å². The molecule has 5 heteroatoms. The first-order chi connectivity index (χ1) is 8.15. The molecular formula is C12H22N4O. The fraction of sp³-hybridized carbons (Fsp3) is 0.667. The summed E-state index contributed by atoms with van der Waals surface area (Å²) < 4.78 is 1.83. The average Bonchev–Trinajstić information content (AvgIpc) is 2.72. The van der Waals surface area contributed by atoms with Crippen LogP contribution in [0.5, 0.6) is 0 Å². The molecule has 1 unspecified atom stereocenters. The van der Waals surface area contributed by atoms with Crippen molar-refractivity contribution in [3.8, 4) is 0 Å². The molecule has 0 aromatic carbocycles. The van der Waals surface area contributed by atoms with Crippen molar-refractivity contribution in [2.75, 3.05) is 13.1 Å². The van der Waals surface area contributed by atoms with E-state index >= 15 is 0 Å². The molecule has 1 amide bonds. The number of amides is 1. The van der Waals surface area contributed by atoms with Crippen LogP contribution in [0.1, 0.15) is 25.3 Å². The highest BCUT2D eigenvalue weighted by atomic mass is 16.1. The molecule has 0 saturated carbocycles. The zero-order chi connectivity index (χ0) is 12.7. The van der Waals surface area contributed by atoms with Gasteiger partial charge in [0.2, 0.25) is 5.91 Å². The molecule has 0 saturated heterocycles. The van der Waals surface area contributed by atoms with Crippen molar-refractivity contribution in [2.45, 2.75) is 33.2 Å². The summed E-state index contributed by atoms with van der Waals surface area (Å²) in [5.74, 6) is 0.369. The summed E-state index contributed by atoms with van der Waals surface area (Å²) in [7, 11) is 0. The number of nitrogens with zero attached hydrogens (tertiary/aromatic N) is 2. The Morgan fingerprint density at radius 3 is 2.94 bits per heavy atom. The van der Waals surface area contributed by atoms with Crippen LogP contribution in [0.15, 0.2) is 12.4 Å². The van der Waals surface area contributed by atoms with E-state index in [1.807, 2.05) is 24.0 Å². The monoisotopic (exact) mass is 238 g/mol. The minimum absolute atomic E-state index is 0.0752. The van der Waals surface area contributed by atoms with Gasteiger partial charge in [0.15, 0.2) is 0 Å². The van der Waals surface area contributed by atoms with Gasteiger partial charge in [-0.1, -0.05) is 13.3 Å². The Kier molecular flexibility index (Phi) is 5.69. The topological polar surface area (TPSA) is 72.9 Å². The number of nitrogens with one attached hydrogen (secondary N) is 1. The SMILES string of the molecule is CCC(CN)CC(=O)NCCn1cc(C)cn1. The number of nitrogens with two attached hydrogens (primary N) is 1. The summed E-state index contributed by atoms with van der Waals surface area (Å²) in [5.41, 5.74) is 6.69. The normalized spacial score (nSPS) is 12.4. The lowest BCUT2D eigenvalue weighted by Crippen LogP contribution is -2.30. The Morgan fingerprint density at radius 2 is 2.41 bits per heavy atom. The summed E-state index contributed by atoms with van der Waals surface area (Å²) in [4.78, 5) is 11.6. The first kappa shape index (κ1) is 13.7. The lowest BCUT2D eigenvalue weighted by molar-refractivity contribution is -0.122. The smallest absolute Gasteiger partial charge is 0.220 e. The molecule has 96 valence electrons. The molecular weight excluding hydrogens is 216 g/mol. The average molecular weight is 238 g/mol. The van der Waals surface area contributed by atoms with E-state index in [1.54, 1.807) is 0 Å². The van der Waals surface area contributed by atoms with Gasteiger partial charge in [0.1, 0.15) is 0 Å². The molecule has 1 heterocycles. The second-order valence-corrected chi connectivity index (χ2v) is 4.34. The second kappa shape index (κ2) is 7.06. The van der Waals surface area contributed by atoms with Gasteiger partial charge in [0.25, 0.3) is 0 Å². The molecule has 0 spiro atoms. The molecule has 1 atom stereocenters. The Hall–Kier alpha value is -1.36. The van der Waals surface area contributed by atoms with Crippen LogP contribution in [-0.2, 0) is 11.3 Å². The highest BCUT2D eigenvalue weighted by Crippen LogP contribution is 2.05. The van der Waals surface area contributed by atoms with Gasteiger partial charge in [-0.25, -0.2) is 0 Å². The number of rotatable bonds is 7. The van der Waals surface area contributed by atoms with E-state index in [0.29, 0.717) is 32.0 Å². The highest BCUT2D eigenvalue weighted by Gasteiger charge is 2.09. The molecule has 0 aliphatic rings. The van der Waals surface area contributed by atoms with Crippen LogP contribution in [-0.4, -0.2) is 28.8 Å². The van der Waals surface area contributed by atoms with E-state index in [0.717, 1.165) is 12.0 Å². The van der Waals surface area contributed by atoms with Gasteiger partial charge < -0.3 is 11.1 Å². The highest BCUT2D eigenvalue weighted by molar-refractivity contribution is 5.76. The molecule has 0 fully saturated rings. The number of carbonyl (C=O) groups excluding carboxylic acids is 1. The van der Waals surface area contributed by atoms with Crippen LogP contribution in [0.3, 0.4) is 0 Å². The zero-order valence-electron chi connectivity index (χ0n) is 10.6.